The van der Waals surface area contributed by atoms with E-state index in [2.05, 4.69) is 46.8 Å². The van der Waals surface area contributed by atoms with Gasteiger partial charge in [0, 0.05) is 11.4 Å². The fourth-order valence-electron chi connectivity index (χ4n) is 3.57. The lowest BCUT2D eigenvalue weighted by Gasteiger charge is -2.16. The summed E-state index contributed by atoms with van der Waals surface area (Å²) in [6.07, 6.45) is 0. The van der Waals surface area contributed by atoms with Crippen LogP contribution >= 0.6 is 23.1 Å². The van der Waals surface area contributed by atoms with Crippen LogP contribution in [0.3, 0.4) is 0 Å². The number of thioether (sulfide) groups is 1. The van der Waals surface area contributed by atoms with Crippen molar-refractivity contribution in [1.82, 2.24) is 10.2 Å². The number of carbonyl (C=O) groups excluding carboxylic acids is 1. The number of hydrogen-bond acceptors (Lipinski definition) is 6. The second-order valence-electron chi connectivity index (χ2n) is 8.02. The molecule has 4 aromatic rings. The predicted octanol–water partition coefficient (Wildman–Crippen LogP) is 6.99. The average Bonchev–Trinajstić information content (AvgIpc) is 3.22. The monoisotopic (exact) mass is 474 g/mol. The van der Waals surface area contributed by atoms with E-state index < -0.39 is 5.25 Å². The molecule has 0 spiro atoms. The van der Waals surface area contributed by atoms with Crippen molar-refractivity contribution in [2.24, 2.45) is 0 Å². The number of nitrogens with zero attached hydrogens (tertiary/aromatic N) is 2. The van der Waals surface area contributed by atoms with Crippen molar-refractivity contribution in [2.75, 3.05) is 10.6 Å². The normalized spacial score (nSPS) is 11.8. The molecule has 1 unspecified atom stereocenters. The lowest BCUT2D eigenvalue weighted by molar-refractivity contribution is -0.115. The molecule has 0 aliphatic carbocycles. The number of hydrogen-bond donors (Lipinski definition) is 2. The first-order chi connectivity index (χ1) is 15.9. The van der Waals surface area contributed by atoms with E-state index in [9.17, 15) is 4.79 Å². The molecule has 33 heavy (non-hydrogen) atoms. The number of amides is 1. The molecule has 1 aromatic heterocycles. The SMILES string of the molecule is Cc1cc(C)cc(NC(=O)C(Sc2nnc(Nc3cccc(C)c3C)s2)c2ccccc2)c1. The maximum atomic E-state index is 13.3. The number of aryl methyl sites for hydroxylation is 3. The summed E-state index contributed by atoms with van der Waals surface area (Å²) in [7, 11) is 0. The Balaban J connectivity index is 1.55. The molecule has 0 aliphatic rings. The van der Waals surface area contributed by atoms with Gasteiger partial charge in [-0.3, -0.25) is 4.79 Å². The Morgan fingerprint density at radius 2 is 1.64 bits per heavy atom. The third-order valence-electron chi connectivity index (χ3n) is 5.30. The topological polar surface area (TPSA) is 66.9 Å². The van der Waals surface area contributed by atoms with Crippen LogP contribution in [0.5, 0.6) is 0 Å². The van der Waals surface area contributed by atoms with Crippen LogP contribution in [0.25, 0.3) is 0 Å². The highest BCUT2D eigenvalue weighted by atomic mass is 32.2. The fraction of sp³-hybridized carbons (Fsp3) is 0.192. The second-order valence-corrected chi connectivity index (χ2v) is 10.3. The average molecular weight is 475 g/mol. The zero-order chi connectivity index (χ0) is 23.4. The quantitative estimate of drug-likeness (QED) is 0.283. The number of carbonyl (C=O) groups is 1. The Bertz CT molecular complexity index is 1250. The molecule has 0 saturated heterocycles. The first kappa shape index (κ1) is 23.0. The Labute approximate surface area is 202 Å². The van der Waals surface area contributed by atoms with Crippen LogP contribution in [0.1, 0.15) is 33.1 Å². The minimum absolute atomic E-state index is 0.0876. The van der Waals surface area contributed by atoms with E-state index in [1.165, 1.54) is 34.2 Å². The first-order valence-electron chi connectivity index (χ1n) is 10.7. The predicted molar refractivity (Wildman–Crippen MR) is 139 cm³/mol. The number of aromatic nitrogens is 2. The Kier molecular flexibility index (Phi) is 7.11. The van der Waals surface area contributed by atoms with Crippen LogP contribution in [0, 0.1) is 27.7 Å². The van der Waals surface area contributed by atoms with Crippen molar-refractivity contribution in [3.05, 3.63) is 94.5 Å². The molecule has 1 heterocycles. The molecule has 2 N–H and O–H groups in total. The van der Waals surface area contributed by atoms with Gasteiger partial charge >= 0.3 is 0 Å². The number of anilines is 3. The maximum Gasteiger partial charge on any atom is 0.242 e. The van der Waals surface area contributed by atoms with Crippen LogP contribution < -0.4 is 10.6 Å². The van der Waals surface area contributed by atoms with E-state index >= 15 is 0 Å². The zero-order valence-corrected chi connectivity index (χ0v) is 20.7. The smallest absolute Gasteiger partial charge is 0.242 e. The zero-order valence-electron chi connectivity index (χ0n) is 19.0. The van der Waals surface area contributed by atoms with Crippen molar-refractivity contribution < 1.29 is 4.79 Å². The summed E-state index contributed by atoms with van der Waals surface area (Å²) in [6, 6.07) is 22.0. The molecule has 0 aliphatic heterocycles. The van der Waals surface area contributed by atoms with E-state index in [0.717, 1.165) is 32.4 Å². The molecule has 0 bridgehead atoms. The van der Waals surface area contributed by atoms with E-state index in [0.29, 0.717) is 5.13 Å². The van der Waals surface area contributed by atoms with Crippen LogP contribution in [0.15, 0.2) is 71.1 Å². The van der Waals surface area contributed by atoms with Gasteiger partial charge in [-0.05, 0) is 73.7 Å². The van der Waals surface area contributed by atoms with Crippen LogP contribution in [-0.2, 0) is 4.79 Å². The Hall–Kier alpha value is -3.16. The van der Waals surface area contributed by atoms with E-state index in [-0.39, 0.29) is 5.91 Å². The molecule has 1 amide bonds. The highest BCUT2D eigenvalue weighted by Gasteiger charge is 2.24. The second kappa shape index (κ2) is 10.2. The highest BCUT2D eigenvalue weighted by Crippen LogP contribution is 2.39. The summed E-state index contributed by atoms with van der Waals surface area (Å²) in [5.41, 5.74) is 7.34. The van der Waals surface area contributed by atoms with Crippen LogP contribution in [0.4, 0.5) is 16.5 Å². The van der Waals surface area contributed by atoms with Gasteiger partial charge in [0.1, 0.15) is 5.25 Å². The lowest BCUT2D eigenvalue weighted by Crippen LogP contribution is -2.19. The van der Waals surface area contributed by atoms with Gasteiger partial charge in [-0.1, -0.05) is 71.6 Å². The molecule has 7 heteroatoms. The third-order valence-corrected chi connectivity index (χ3v) is 7.48. The highest BCUT2D eigenvalue weighted by molar-refractivity contribution is 8.02. The van der Waals surface area contributed by atoms with Crippen molar-refractivity contribution in [3.63, 3.8) is 0 Å². The van der Waals surface area contributed by atoms with Gasteiger partial charge in [-0.15, -0.1) is 10.2 Å². The molecule has 5 nitrogen and oxygen atoms in total. The standard InChI is InChI=1S/C26H26N4OS2/c1-16-13-17(2)15-21(14-16)27-24(31)23(20-10-6-5-7-11-20)32-26-30-29-25(33-26)28-22-12-8-9-18(3)19(22)4/h5-15,23H,1-4H3,(H,27,31)(H,28,29). The van der Waals surface area contributed by atoms with E-state index in [1.54, 1.807) is 0 Å². The first-order valence-corrected chi connectivity index (χ1v) is 12.4. The molecule has 3 aromatic carbocycles. The Morgan fingerprint density at radius 1 is 0.909 bits per heavy atom. The van der Waals surface area contributed by atoms with Gasteiger partial charge < -0.3 is 10.6 Å². The van der Waals surface area contributed by atoms with Gasteiger partial charge in [0.2, 0.25) is 11.0 Å². The van der Waals surface area contributed by atoms with E-state index in [4.69, 9.17) is 0 Å². The van der Waals surface area contributed by atoms with Crippen molar-refractivity contribution in [2.45, 2.75) is 37.3 Å². The summed E-state index contributed by atoms with van der Waals surface area (Å²) in [4.78, 5) is 13.3. The van der Waals surface area contributed by atoms with Gasteiger partial charge in [0.05, 0.1) is 0 Å². The van der Waals surface area contributed by atoms with Crippen LogP contribution in [0.2, 0.25) is 0 Å². The maximum absolute atomic E-state index is 13.3. The largest absolute Gasteiger partial charge is 0.330 e. The third kappa shape index (κ3) is 5.80. The summed E-state index contributed by atoms with van der Waals surface area (Å²) < 4.78 is 0.729. The van der Waals surface area contributed by atoms with E-state index in [1.807, 2.05) is 68.4 Å². The lowest BCUT2D eigenvalue weighted by atomic mass is 10.1. The summed E-state index contributed by atoms with van der Waals surface area (Å²) in [6.45, 7) is 8.22. The van der Waals surface area contributed by atoms with Crippen molar-refractivity contribution >= 4 is 45.5 Å². The molecule has 168 valence electrons. The minimum Gasteiger partial charge on any atom is -0.330 e. The van der Waals surface area contributed by atoms with Crippen molar-refractivity contribution in [1.29, 1.82) is 0 Å². The fourth-order valence-corrected chi connectivity index (χ4v) is 5.52. The molecule has 0 fully saturated rings. The molecule has 0 radical (unpaired) electrons. The number of rotatable bonds is 7. The molecule has 0 saturated carbocycles. The van der Waals surface area contributed by atoms with Crippen molar-refractivity contribution in [3.8, 4) is 0 Å². The molecular formula is C26H26N4OS2. The number of nitrogens with one attached hydrogen (secondary N) is 2. The van der Waals surface area contributed by atoms with Gasteiger partial charge in [0.15, 0.2) is 4.34 Å². The Morgan fingerprint density at radius 3 is 2.36 bits per heavy atom. The molecular weight excluding hydrogens is 448 g/mol. The molecule has 1 atom stereocenters. The molecule has 4 rings (SSSR count). The summed E-state index contributed by atoms with van der Waals surface area (Å²) in [5, 5.41) is 15.3. The van der Waals surface area contributed by atoms with Gasteiger partial charge in [-0.25, -0.2) is 0 Å². The van der Waals surface area contributed by atoms with Gasteiger partial charge in [-0.2, -0.15) is 0 Å². The van der Waals surface area contributed by atoms with Crippen LogP contribution in [-0.4, -0.2) is 16.1 Å². The minimum atomic E-state index is -0.450. The number of benzene rings is 3. The van der Waals surface area contributed by atoms with Gasteiger partial charge in [0.25, 0.3) is 0 Å². The summed E-state index contributed by atoms with van der Waals surface area (Å²) >= 11 is 2.85. The summed E-state index contributed by atoms with van der Waals surface area (Å²) in [5.74, 6) is -0.0876.